The predicted molar refractivity (Wildman–Crippen MR) is 128 cm³/mol. The van der Waals surface area contributed by atoms with E-state index in [0.29, 0.717) is 30.4 Å². The van der Waals surface area contributed by atoms with E-state index in [9.17, 15) is 25.2 Å². The minimum Gasteiger partial charge on any atom is -0.508 e. The molecule has 0 spiro atoms. The van der Waals surface area contributed by atoms with Crippen LogP contribution < -0.4 is 0 Å². The molecule has 0 bridgehead atoms. The highest BCUT2D eigenvalue weighted by Gasteiger charge is 2.15. The van der Waals surface area contributed by atoms with E-state index in [1.54, 1.807) is 25.1 Å². The molecule has 4 N–H and O–H groups in total. The monoisotopic (exact) mass is 436 g/mol. The third-order valence-corrected chi connectivity index (χ3v) is 5.53. The lowest BCUT2D eigenvalue weighted by Crippen LogP contribution is -2.09. The number of ketones is 1. The number of allylic oxidation sites excluding steroid dienone is 3. The van der Waals surface area contributed by atoms with Gasteiger partial charge in [0.1, 0.15) is 17.2 Å². The van der Waals surface area contributed by atoms with Gasteiger partial charge in [0.05, 0.1) is 11.7 Å². The molecule has 0 saturated heterocycles. The summed E-state index contributed by atoms with van der Waals surface area (Å²) in [4.78, 5) is 12.7. The van der Waals surface area contributed by atoms with Crippen molar-refractivity contribution in [2.45, 2.75) is 52.6 Å². The van der Waals surface area contributed by atoms with Crippen molar-refractivity contribution >= 4 is 11.9 Å². The maximum atomic E-state index is 12.7. The Balaban J connectivity index is 2.19. The van der Waals surface area contributed by atoms with Crippen LogP contribution in [0.1, 0.15) is 60.7 Å². The minimum absolute atomic E-state index is 0.0709. The minimum atomic E-state index is -0.706. The fourth-order valence-corrected chi connectivity index (χ4v) is 3.21. The molecule has 2 aromatic rings. The van der Waals surface area contributed by atoms with Gasteiger partial charge in [-0.15, -0.1) is 0 Å². The Morgan fingerprint density at radius 2 is 1.69 bits per heavy atom. The van der Waals surface area contributed by atoms with E-state index in [4.69, 9.17) is 0 Å². The number of benzene rings is 2. The first-order valence-corrected chi connectivity index (χ1v) is 10.7. The van der Waals surface area contributed by atoms with Crippen LogP contribution in [0, 0.1) is 0 Å². The van der Waals surface area contributed by atoms with Gasteiger partial charge in [0.15, 0.2) is 5.78 Å². The summed E-state index contributed by atoms with van der Waals surface area (Å²) in [5.41, 5.74) is 3.94. The molecule has 170 valence electrons. The van der Waals surface area contributed by atoms with Crippen molar-refractivity contribution in [3.63, 3.8) is 0 Å². The molecule has 0 aliphatic rings. The molecule has 5 heteroatoms. The van der Waals surface area contributed by atoms with Crippen molar-refractivity contribution in [2.75, 3.05) is 0 Å². The van der Waals surface area contributed by atoms with E-state index in [0.717, 1.165) is 23.6 Å². The number of phenolic OH excluding ortho intramolecular Hbond substituents is 3. The Kier molecular flexibility index (Phi) is 8.85. The Bertz CT molecular complexity index is 1050. The quantitative estimate of drug-likeness (QED) is 0.225. The summed E-state index contributed by atoms with van der Waals surface area (Å²) in [6, 6.07) is 7.75. The van der Waals surface area contributed by atoms with E-state index >= 15 is 0 Å². The lowest BCUT2D eigenvalue weighted by atomic mass is 9.98. The number of carbonyl (C=O) groups is 1. The van der Waals surface area contributed by atoms with Crippen LogP contribution in [-0.2, 0) is 12.8 Å². The highest BCUT2D eigenvalue weighted by Crippen LogP contribution is 2.30. The molecule has 0 fully saturated rings. The SMILES string of the molecule is C=C(C)C(O)CCc1cc(C(=O)C=Cc2ccc(O)c(CCC(C)=CC)c2)c(O)cc1O. The number of aromatic hydroxyl groups is 3. The van der Waals surface area contributed by atoms with Crippen molar-refractivity contribution in [1.82, 2.24) is 0 Å². The van der Waals surface area contributed by atoms with Gasteiger partial charge >= 0.3 is 0 Å². The number of hydrogen-bond acceptors (Lipinski definition) is 5. The number of hydrogen-bond donors (Lipinski definition) is 4. The Labute approximate surface area is 189 Å². The van der Waals surface area contributed by atoms with Crippen LogP contribution in [0.25, 0.3) is 6.08 Å². The molecule has 0 radical (unpaired) electrons. The second kappa shape index (κ2) is 11.3. The molecule has 0 aliphatic heterocycles. The van der Waals surface area contributed by atoms with Gasteiger partial charge in [0.25, 0.3) is 0 Å². The van der Waals surface area contributed by atoms with Crippen LogP contribution in [-0.4, -0.2) is 32.3 Å². The number of aryl methyl sites for hydroxylation is 2. The molecule has 2 aromatic carbocycles. The Morgan fingerprint density at radius 3 is 2.34 bits per heavy atom. The number of aliphatic hydroxyl groups excluding tert-OH is 1. The molecule has 0 heterocycles. The maximum absolute atomic E-state index is 12.7. The van der Waals surface area contributed by atoms with Crippen LogP contribution in [0.4, 0.5) is 0 Å². The van der Waals surface area contributed by atoms with Gasteiger partial charge in [-0.05, 0) is 87.4 Å². The van der Waals surface area contributed by atoms with E-state index in [-0.39, 0.29) is 22.8 Å². The maximum Gasteiger partial charge on any atom is 0.189 e. The lowest BCUT2D eigenvalue weighted by molar-refractivity contribution is 0.104. The van der Waals surface area contributed by atoms with Gasteiger partial charge in [-0.2, -0.15) is 0 Å². The van der Waals surface area contributed by atoms with Crippen molar-refractivity contribution < 1.29 is 25.2 Å². The molecule has 0 saturated carbocycles. The lowest BCUT2D eigenvalue weighted by Gasteiger charge is -2.12. The summed E-state index contributed by atoms with van der Waals surface area (Å²) < 4.78 is 0. The summed E-state index contributed by atoms with van der Waals surface area (Å²) in [6.07, 6.45) is 6.52. The first kappa shape index (κ1) is 25.0. The summed E-state index contributed by atoms with van der Waals surface area (Å²) in [5.74, 6) is -0.634. The highest BCUT2D eigenvalue weighted by molar-refractivity contribution is 6.08. The molecule has 2 rings (SSSR count). The summed E-state index contributed by atoms with van der Waals surface area (Å²) in [5, 5.41) is 40.3. The van der Waals surface area contributed by atoms with Crippen LogP contribution in [0.3, 0.4) is 0 Å². The molecule has 0 aliphatic carbocycles. The molecular weight excluding hydrogens is 404 g/mol. The largest absolute Gasteiger partial charge is 0.508 e. The number of rotatable bonds is 10. The molecule has 32 heavy (non-hydrogen) atoms. The number of carbonyl (C=O) groups excluding carboxylic acids is 1. The van der Waals surface area contributed by atoms with Gasteiger partial charge in [-0.1, -0.05) is 35.9 Å². The summed E-state index contributed by atoms with van der Waals surface area (Å²) in [7, 11) is 0. The zero-order valence-electron chi connectivity index (χ0n) is 18.9. The predicted octanol–water partition coefficient (Wildman–Crippen LogP) is 5.47. The fraction of sp³-hybridized carbons (Fsp3) is 0.296. The van der Waals surface area contributed by atoms with E-state index in [2.05, 4.69) is 6.58 Å². The number of phenols is 3. The third-order valence-electron chi connectivity index (χ3n) is 5.53. The highest BCUT2D eigenvalue weighted by atomic mass is 16.3. The van der Waals surface area contributed by atoms with Crippen LogP contribution in [0.2, 0.25) is 0 Å². The topological polar surface area (TPSA) is 98.0 Å². The molecule has 5 nitrogen and oxygen atoms in total. The molecular formula is C27H32O5. The van der Waals surface area contributed by atoms with E-state index in [1.807, 2.05) is 26.0 Å². The van der Waals surface area contributed by atoms with E-state index in [1.165, 1.54) is 17.7 Å². The normalized spacial score (nSPS) is 12.8. The Hall–Kier alpha value is -3.31. The van der Waals surface area contributed by atoms with Gasteiger partial charge < -0.3 is 20.4 Å². The van der Waals surface area contributed by atoms with Gasteiger partial charge in [-0.25, -0.2) is 0 Å². The summed E-state index contributed by atoms with van der Waals surface area (Å²) >= 11 is 0. The Morgan fingerprint density at radius 1 is 1.00 bits per heavy atom. The van der Waals surface area contributed by atoms with Gasteiger partial charge in [0.2, 0.25) is 0 Å². The summed E-state index contributed by atoms with van der Waals surface area (Å²) in [6.45, 7) is 9.44. The second-order valence-corrected chi connectivity index (χ2v) is 8.12. The first-order valence-electron chi connectivity index (χ1n) is 10.7. The van der Waals surface area contributed by atoms with Crippen molar-refractivity contribution in [3.05, 3.63) is 82.5 Å². The van der Waals surface area contributed by atoms with Crippen LogP contribution in [0.5, 0.6) is 17.2 Å². The van der Waals surface area contributed by atoms with Crippen molar-refractivity contribution in [1.29, 1.82) is 0 Å². The van der Waals surface area contributed by atoms with E-state index < -0.39 is 11.9 Å². The average molecular weight is 437 g/mol. The van der Waals surface area contributed by atoms with Gasteiger partial charge in [0, 0.05) is 6.07 Å². The first-order chi connectivity index (χ1) is 15.1. The van der Waals surface area contributed by atoms with Crippen LogP contribution in [0.15, 0.2) is 60.2 Å². The van der Waals surface area contributed by atoms with Crippen molar-refractivity contribution in [3.8, 4) is 17.2 Å². The smallest absolute Gasteiger partial charge is 0.189 e. The third kappa shape index (κ3) is 6.86. The second-order valence-electron chi connectivity index (χ2n) is 8.12. The zero-order chi connectivity index (χ0) is 23.8. The van der Waals surface area contributed by atoms with Gasteiger partial charge in [-0.3, -0.25) is 4.79 Å². The molecule has 0 aromatic heterocycles. The standard InChI is InChI=1S/C27H32O5/c1-5-18(4)6-9-20-14-19(7-11-24(20)29)8-12-25(30)22-15-21(26(31)16-27(22)32)10-13-23(28)17(2)3/h5,7-8,11-12,14-16,23,28-29,31-32H,2,6,9-10,13H2,1,3-4H3. The zero-order valence-corrected chi connectivity index (χ0v) is 18.9. The molecule has 0 amide bonds. The van der Waals surface area contributed by atoms with Crippen molar-refractivity contribution in [2.24, 2.45) is 0 Å². The average Bonchev–Trinajstić information content (AvgIpc) is 2.76. The fourth-order valence-electron chi connectivity index (χ4n) is 3.21. The molecule has 1 unspecified atom stereocenters. The number of aliphatic hydroxyl groups is 1. The molecule has 1 atom stereocenters. The van der Waals surface area contributed by atoms with Crippen LogP contribution >= 0.6 is 0 Å².